The standard InChI is InChI=1S/C11H20F2O2S/c1-3-4-7-15-10(14)9-16-8-5-6-11(2,12)13/h3-9H2,1-2H3. The third-order valence-corrected chi connectivity index (χ3v) is 2.90. The minimum absolute atomic E-state index is 0.120. The van der Waals surface area contributed by atoms with Crippen molar-refractivity contribution < 1.29 is 18.3 Å². The molecule has 0 bridgehead atoms. The first kappa shape index (κ1) is 15.7. The molecule has 0 saturated carbocycles. The van der Waals surface area contributed by atoms with Crippen LogP contribution in [0.2, 0.25) is 0 Å². The SMILES string of the molecule is CCCCOC(=O)CSCCCC(C)(F)F. The summed E-state index contributed by atoms with van der Waals surface area (Å²) in [7, 11) is 0. The first-order valence-electron chi connectivity index (χ1n) is 5.57. The van der Waals surface area contributed by atoms with Crippen molar-refractivity contribution in [3.8, 4) is 0 Å². The van der Waals surface area contributed by atoms with Crippen molar-refractivity contribution in [3.05, 3.63) is 0 Å². The summed E-state index contributed by atoms with van der Waals surface area (Å²) in [5, 5.41) is 0. The number of unbranched alkanes of at least 4 members (excludes halogenated alkanes) is 1. The molecule has 0 amide bonds. The van der Waals surface area contributed by atoms with E-state index in [0.29, 0.717) is 18.8 Å². The van der Waals surface area contributed by atoms with Crippen LogP contribution in [-0.2, 0) is 9.53 Å². The van der Waals surface area contributed by atoms with Gasteiger partial charge in [0, 0.05) is 6.42 Å². The summed E-state index contributed by atoms with van der Waals surface area (Å²) < 4.78 is 29.7. The van der Waals surface area contributed by atoms with Crippen LogP contribution >= 0.6 is 11.8 Å². The van der Waals surface area contributed by atoms with Gasteiger partial charge in [-0.25, -0.2) is 8.78 Å². The Balaban J connectivity index is 3.28. The fraction of sp³-hybridized carbons (Fsp3) is 0.909. The molecule has 16 heavy (non-hydrogen) atoms. The Morgan fingerprint density at radius 3 is 2.62 bits per heavy atom. The van der Waals surface area contributed by atoms with E-state index in [0.717, 1.165) is 19.8 Å². The second-order valence-corrected chi connectivity index (χ2v) is 4.91. The number of halogens is 2. The Labute approximate surface area is 100 Å². The topological polar surface area (TPSA) is 26.3 Å². The van der Waals surface area contributed by atoms with E-state index >= 15 is 0 Å². The Kier molecular flexibility index (Phi) is 8.61. The van der Waals surface area contributed by atoms with Crippen molar-refractivity contribution in [1.29, 1.82) is 0 Å². The van der Waals surface area contributed by atoms with Crippen LogP contribution < -0.4 is 0 Å². The lowest BCUT2D eigenvalue weighted by Gasteiger charge is -2.08. The van der Waals surface area contributed by atoms with Gasteiger partial charge in [-0.15, -0.1) is 0 Å². The molecular formula is C11H20F2O2S. The van der Waals surface area contributed by atoms with E-state index in [9.17, 15) is 13.6 Å². The van der Waals surface area contributed by atoms with Gasteiger partial charge in [-0.1, -0.05) is 13.3 Å². The lowest BCUT2D eigenvalue weighted by Crippen LogP contribution is -2.11. The first-order chi connectivity index (χ1) is 7.45. The number of alkyl halides is 2. The number of carbonyl (C=O) groups excluding carboxylic acids is 1. The molecule has 0 saturated heterocycles. The van der Waals surface area contributed by atoms with E-state index in [-0.39, 0.29) is 18.1 Å². The van der Waals surface area contributed by atoms with E-state index in [1.165, 1.54) is 11.8 Å². The van der Waals surface area contributed by atoms with E-state index in [4.69, 9.17) is 4.74 Å². The molecule has 0 unspecified atom stereocenters. The third-order valence-electron chi connectivity index (χ3n) is 1.89. The zero-order valence-corrected chi connectivity index (χ0v) is 10.7. The van der Waals surface area contributed by atoms with Crippen molar-refractivity contribution >= 4 is 17.7 Å². The highest BCUT2D eigenvalue weighted by Gasteiger charge is 2.19. The van der Waals surface area contributed by atoms with Crippen molar-refractivity contribution in [3.63, 3.8) is 0 Å². The highest BCUT2D eigenvalue weighted by atomic mass is 32.2. The van der Waals surface area contributed by atoms with Gasteiger partial charge in [-0.3, -0.25) is 4.79 Å². The predicted molar refractivity (Wildman–Crippen MR) is 63.0 cm³/mol. The Bertz CT molecular complexity index is 193. The average Bonchev–Trinajstić information content (AvgIpc) is 2.16. The number of hydrogen-bond donors (Lipinski definition) is 0. The Morgan fingerprint density at radius 1 is 1.38 bits per heavy atom. The van der Waals surface area contributed by atoms with Crippen LogP contribution in [0, 0.1) is 0 Å². The number of hydrogen-bond acceptors (Lipinski definition) is 3. The van der Waals surface area contributed by atoms with Crippen LogP contribution in [-0.4, -0.2) is 30.0 Å². The summed E-state index contributed by atoms with van der Waals surface area (Å²) in [6, 6.07) is 0. The molecule has 0 aliphatic rings. The monoisotopic (exact) mass is 254 g/mol. The fourth-order valence-electron chi connectivity index (χ4n) is 1.01. The van der Waals surface area contributed by atoms with Crippen molar-refractivity contribution in [1.82, 2.24) is 0 Å². The van der Waals surface area contributed by atoms with Gasteiger partial charge in [0.2, 0.25) is 5.92 Å². The number of thioether (sulfide) groups is 1. The van der Waals surface area contributed by atoms with Crippen molar-refractivity contribution in [2.45, 2.75) is 45.5 Å². The minimum atomic E-state index is -2.60. The van der Waals surface area contributed by atoms with Crippen LogP contribution in [0.3, 0.4) is 0 Å². The number of esters is 1. The van der Waals surface area contributed by atoms with E-state index in [2.05, 4.69) is 0 Å². The van der Waals surface area contributed by atoms with Crippen LogP contribution in [0.1, 0.15) is 39.5 Å². The summed E-state index contributed by atoms with van der Waals surface area (Å²) in [6.45, 7) is 3.40. The van der Waals surface area contributed by atoms with E-state index in [1.807, 2.05) is 6.92 Å². The zero-order chi connectivity index (χ0) is 12.4. The summed E-state index contributed by atoms with van der Waals surface area (Å²) in [5.41, 5.74) is 0. The lowest BCUT2D eigenvalue weighted by molar-refractivity contribution is -0.140. The maximum Gasteiger partial charge on any atom is 0.315 e. The highest BCUT2D eigenvalue weighted by Crippen LogP contribution is 2.20. The summed E-state index contributed by atoms with van der Waals surface area (Å²) in [6.07, 6.45) is 2.17. The number of rotatable bonds is 9. The third kappa shape index (κ3) is 11.8. The van der Waals surface area contributed by atoms with Crippen LogP contribution in [0.15, 0.2) is 0 Å². The largest absolute Gasteiger partial charge is 0.465 e. The highest BCUT2D eigenvalue weighted by molar-refractivity contribution is 7.99. The second kappa shape index (κ2) is 8.79. The summed E-state index contributed by atoms with van der Waals surface area (Å²) in [4.78, 5) is 11.1. The predicted octanol–water partition coefficient (Wildman–Crippen LogP) is 3.50. The molecule has 0 atom stereocenters. The molecule has 96 valence electrons. The zero-order valence-electron chi connectivity index (χ0n) is 9.93. The number of ether oxygens (including phenoxy) is 1. The quantitative estimate of drug-likeness (QED) is 0.465. The van der Waals surface area contributed by atoms with Crippen molar-refractivity contribution in [2.24, 2.45) is 0 Å². The maximum absolute atomic E-state index is 12.4. The van der Waals surface area contributed by atoms with Gasteiger partial charge in [0.15, 0.2) is 0 Å². The minimum Gasteiger partial charge on any atom is -0.465 e. The number of carbonyl (C=O) groups is 1. The van der Waals surface area contributed by atoms with Gasteiger partial charge in [0.05, 0.1) is 12.4 Å². The Hall–Kier alpha value is -0.320. The van der Waals surface area contributed by atoms with Crippen LogP contribution in [0.4, 0.5) is 8.78 Å². The van der Waals surface area contributed by atoms with Gasteiger partial charge in [-0.2, -0.15) is 11.8 Å². The summed E-state index contributed by atoms with van der Waals surface area (Å²) in [5.74, 6) is -2.00. The molecule has 0 aromatic heterocycles. The van der Waals surface area contributed by atoms with Crippen LogP contribution in [0.25, 0.3) is 0 Å². The average molecular weight is 254 g/mol. The summed E-state index contributed by atoms with van der Waals surface area (Å²) >= 11 is 1.35. The van der Waals surface area contributed by atoms with Crippen LogP contribution in [0.5, 0.6) is 0 Å². The van der Waals surface area contributed by atoms with E-state index < -0.39 is 5.92 Å². The molecule has 0 spiro atoms. The lowest BCUT2D eigenvalue weighted by atomic mass is 10.2. The molecule has 0 aliphatic carbocycles. The van der Waals surface area contributed by atoms with Gasteiger partial charge in [-0.05, 0) is 25.5 Å². The first-order valence-corrected chi connectivity index (χ1v) is 6.72. The molecule has 0 fully saturated rings. The van der Waals surface area contributed by atoms with Crippen molar-refractivity contribution in [2.75, 3.05) is 18.1 Å². The molecule has 0 aliphatic heterocycles. The molecule has 0 radical (unpaired) electrons. The molecule has 0 aromatic rings. The normalized spacial score (nSPS) is 11.5. The molecule has 2 nitrogen and oxygen atoms in total. The Morgan fingerprint density at radius 2 is 2.06 bits per heavy atom. The van der Waals surface area contributed by atoms with Gasteiger partial charge < -0.3 is 4.74 Å². The van der Waals surface area contributed by atoms with Gasteiger partial charge in [0.25, 0.3) is 0 Å². The smallest absolute Gasteiger partial charge is 0.315 e. The second-order valence-electron chi connectivity index (χ2n) is 3.80. The van der Waals surface area contributed by atoms with Gasteiger partial charge >= 0.3 is 5.97 Å². The molecule has 0 aromatic carbocycles. The van der Waals surface area contributed by atoms with Gasteiger partial charge in [0.1, 0.15) is 0 Å². The molecule has 0 rings (SSSR count). The molecule has 0 N–H and O–H groups in total. The molecular weight excluding hydrogens is 234 g/mol. The fourth-order valence-corrected chi connectivity index (χ4v) is 1.75. The molecule has 5 heteroatoms. The maximum atomic E-state index is 12.4. The molecule has 0 heterocycles. The van der Waals surface area contributed by atoms with E-state index in [1.54, 1.807) is 0 Å².